The van der Waals surface area contributed by atoms with Crippen molar-refractivity contribution in [1.82, 2.24) is 0 Å². The van der Waals surface area contributed by atoms with Gasteiger partial charge in [0.25, 0.3) is 0 Å². The fourth-order valence-electron chi connectivity index (χ4n) is 1.45. The van der Waals surface area contributed by atoms with Crippen LogP contribution < -0.4 is 10.5 Å². The van der Waals surface area contributed by atoms with Crippen molar-refractivity contribution in [1.29, 1.82) is 0 Å². The molecule has 2 nitrogen and oxygen atoms in total. The quantitative estimate of drug-likeness (QED) is 0.761. The first kappa shape index (κ1) is 8.57. The molecule has 0 saturated heterocycles. The second-order valence-electron chi connectivity index (χ2n) is 3.61. The molecule has 70 valence electrons. The second-order valence-corrected chi connectivity index (χ2v) is 3.61. The normalized spacial score (nSPS) is 25.6. The van der Waals surface area contributed by atoms with Crippen LogP contribution in [0, 0.1) is 5.92 Å². The molecule has 1 aliphatic rings. The third-order valence-corrected chi connectivity index (χ3v) is 2.48. The Hall–Kier alpha value is -1.02. The Labute approximate surface area is 78.7 Å². The number of para-hydroxylation sites is 1. The summed E-state index contributed by atoms with van der Waals surface area (Å²) < 4.78 is 5.55. The van der Waals surface area contributed by atoms with Gasteiger partial charge in [0.05, 0.1) is 6.61 Å². The fourth-order valence-corrected chi connectivity index (χ4v) is 1.45. The summed E-state index contributed by atoms with van der Waals surface area (Å²) in [4.78, 5) is 0. The number of hydrogen-bond acceptors (Lipinski definition) is 2. The molecular weight excluding hydrogens is 162 g/mol. The zero-order valence-electron chi connectivity index (χ0n) is 7.65. The Morgan fingerprint density at radius 3 is 2.62 bits per heavy atom. The lowest BCUT2D eigenvalue weighted by molar-refractivity contribution is 0.301. The smallest absolute Gasteiger partial charge is 0.119 e. The van der Waals surface area contributed by atoms with E-state index in [1.54, 1.807) is 0 Å². The summed E-state index contributed by atoms with van der Waals surface area (Å²) in [6.45, 7) is 0.794. The Morgan fingerprint density at radius 1 is 1.31 bits per heavy atom. The number of hydrogen-bond donors (Lipinski definition) is 1. The lowest BCUT2D eigenvalue weighted by atomic mass is 10.3. The Balaban J connectivity index is 1.68. The summed E-state index contributed by atoms with van der Waals surface area (Å²) in [6.07, 6.45) is 2.27. The van der Waals surface area contributed by atoms with Crippen LogP contribution in [0.2, 0.25) is 0 Å². The van der Waals surface area contributed by atoms with Gasteiger partial charge in [0.2, 0.25) is 0 Å². The minimum atomic E-state index is 0.444. The van der Waals surface area contributed by atoms with Gasteiger partial charge in [-0.2, -0.15) is 0 Å². The molecule has 1 saturated carbocycles. The molecule has 2 rings (SSSR count). The van der Waals surface area contributed by atoms with Crippen LogP contribution in [-0.4, -0.2) is 12.6 Å². The highest BCUT2D eigenvalue weighted by molar-refractivity contribution is 5.20. The molecule has 0 radical (unpaired) electrons. The predicted molar refractivity (Wildman–Crippen MR) is 52.6 cm³/mol. The molecule has 0 heterocycles. The van der Waals surface area contributed by atoms with E-state index < -0.39 is 0 Å². The summed E-state index contributed by atoms with van der Waals surface area (Å²) >= 11 is 0. The van der Waals surface area contributed by atoms with E-state index in [0.29, 0.717) is 12.0 Å². The van der Waals surface area contributed by atoms with Gasteiger partial charge >= 0.3 is 0 Å². The molecule has 2 N–H and O–H groups in total. The molecule has 2 atom stereocenters. The summed E-state index contributed by atoms with van der Waals surface area (Å²) in [7, 11) is 0. The molecule has 1 aliphatic carbocycles. The van der Waals surface area contributed by atoms with Crippen molar-refractivity contribution in [3.63, 3.8) is 0 Å². The average Bonchev–Trinajstić information content (AvgIpc) is 2.84. The molecular formula is C11H15NO. The number of ether oxygens (including phenoxy) is 1. The Morgan fingerprint density at radius 2 is 2.00 bits per heavy atom. The lowest BCUT2D eigenvalue weighted by Gasteiger charge is -2.04. The summed E-state index contributed by atoms with van der Waals surface area (Å²) in [5.41, 5.74) is 5.69. The third-order valence-electron chi connectivity index (χ3n) is 2.48. The van der Waals surface area contributed by atoms with Gasteiger partial charge in [-0.1, -0.05) is 18.2 Å². The van der Waals surface area contributed by atoms with Gasteiger partial charge in [-0.3, -0.25) is 0 Å². The lowest BCUT2D eigenvalue weighted by Crippen LogP contribution is -2.05. The monoisotopic (exact) mass is 177 g/mol. The SMILES string of the molecule is NC1CC1CCOc1ccccc1. The number of benzene rings is 1. The maximum atomic E-state index is 5.69. The van der Waals surface area contributed by atoms with E-state index in [-0.39, 0.29) is 0 Å². The molecule has 1 aromatic rings. The van der Waals surface area contributed by atoms with E-state index in [1.165, 1.54) is 6.42 Å². The van der Waals surface area contributed by atoms with E-state index in [9.17, 15) is 0 Å². The van der Waals surface area contributed by atoms with Crippen LogP contribution in [0.3, 0.4) is 0 Å². The number of nitrogens with two attached hydrogens (primary N) is 1. The highest BCUT2D eigenvalue weighted by Crippen LogP contribution is 2.31. The van der Waals surface area contributed by atoms with Gasteiger partial charge in [-0.25, -0.2) is 0 Å². The Bertz CT molecular complexity index is 260. The average molecular weight is 177 g/mol. The largest absolute Gasteiger partial charge is 0.494 e. The van der Waals surface area contributed by atoms with Crippen LogP contribution in [0.15, 0.2) is 30.3 Å². The van der Waals surface area contributed by atoms with Gasteiger partial charge in [-0.15, -0.1) is 0 Å². The minimum absolute atomic E-state index is 0.444. The van der Waals surface area contributed by atoms with Crippen molar-refractivity contribution >= 4 is 0 Å². The highest BCUT2D eigenvalue weighted by atomic mass is 16.5. The van der Waals surface area contributed by atoms with Crippen molar-refractivity contribution < 1.29 is 4.74 Å². The molecule has 1 fully saturated rings. The summed E-state index contributed by atoms with van der Waals surface area (Å²) in [5.74, 6) is 1.67. The van der Waals surface area contributed by atoms with Crippen LogP contribution in [0.5, 0.6) is 5.75 Å². The van der Waals surface area contributed by atoms with Crippen molar-refractivity contribution in [3.8, 4) is 5.75 Å². The Kier molecular flexibility index (Phi) is 2.50. The first-order valence-corrected chi connectivity index (χ1v) is 4.79. The van der Waals surface area contributed by atoms with E-state index in [0.717, 1.165) is 18.8 Å². The van der Waals surface area contributed by atoms with Gasteiger partial charge < -0.3 is 10.5 Å². The van der Waals surface area contributed by atoms with Gasteiger partial charge in [-0.05, 0) is 30.9 Å². The summed E-state index contributed by atoms with van der Waals surface area (Å²) in [6, 6.07) is 10.4. The molecule has 1 aromatic carbocycles. The molecule has 0 aliphatic heterocycles. The van der Waals surface area contributed by atoms with E-state index in [2.05, 4.69) is 0 Å². The molecule has 0 amide bonds. The van der Waals surface area contributed by atoms with Crippen LogP contribution in [0.1, 0.15) is 12.8 Å². The topological polar surface area (TPSA) is 35.2 Å². The van der Waals surface area contributed by atoms with Crippen molar-refractivity contribution in [2.45, 2.75) is 18.9 Å². The van der Waals surface area contributed by atoms with Gasteiger partial charge in [0.15, 0.2) is 0 Å². The molecule has 13 heavy (non-hydrogen) atoms. The van der Waals surface area contributed by atoms with E-state index >= 15 is 0 Å². The van der Waals surface area contributed by atoms with Crippen LogP contribution in [0.4, 0.5) is 0 Å². The molecule has 2 heteroatoms. The minimum Gasteiger partial charge on any atom is -0.494 e. The van der Waals surface area contributed by atoms with Crippen molar-refractivity contribution in [2.24, 2.45) is 11.7 Å². The van der Waals surface area contributed by atoms with Gasteiger partial charge in [0, 0.05) is 6.04 Å². The van der Waals surface area contributed by atoms with Crippen LogP contribution in [-0.2, 0) is 0 Å². The molecule has 0 bridgehead atoms. The van der Waals surface area contributed by atoms with E-state index in [1.807, 2.05) is 30.3 Å². The predicted octanol–water partition coefficient (Wildman–Crippen LogP) is 1.80. The summed E-state index contributed by atoms with van der Waals surface area (Å²) in [5, 5.41) is 0. The molecule has 0 spiro atoms. The fraction of sp³-hybridized carbons (Fsp3) is 0.455. The first-order valence-electron chi connectivity index (χ1n) is 4.79. The zero-order valence-corrected chi connectivity index (χ0v) is 7.65. The zero-order chi connectivity index (χ0) is 9.10. The molecule has 2 unspecified atom stereocenters. The molecule has 0 aromatic heterocycles. The first-order chi connectivity index (χ1) is 6.36. The second kappa shape index (κ2) is 3.79. The van der Waals surface area contributed by atoms with E-state index in [4.69, 9.17) is 10.5 Å². The van der Waals surface area contributed by atoms with Crippen LogP contribution >= 0.6 is 0 Å². The van der Waals surface area contributed by atoms with Gasteiger partial charge in [0.1, 0.15) is 5.75 Å². The highest BCUT2D eigenvalue weighted by Gasteiger charge is 2.32. The van der Waals surface area contributed by atoms with Crippen molar-refractivity contribution in [2.75, 3.05) is 6.61 Å². The van der Waals surface area contributed by atoms with Crippen molar-refractivity contribution in [3.05, 3.63) is 30.3 Å². The number of rotatable bonds is 4. The van der Waals surface area contributed by atoms with Crippen LogP contribution in [0.25, 0.3) is 0 Å². The maximum Gasteiger partial charge on any atom is 0.119 e. The maximum absolute atomic E-state index is 5.69. The standard InChI is InChI=1S/C11H15NO/c12-11-8-9(11)6-7-13-10-4-2-1-3-5-10/h1-5,9,11H,6-8,12H2. The third kappa shape index (κ3) is 2.46.